The van der Waals surface area contributed by atoms with Gasteiger partial charge in [-0.2, -0.15) is 0 Å². The molecular formula is C11H9O6-. The molecule has 2 N–H and O–H groups in total. The van der Waals surface area contributed by atoms with Gasteiger partial charge < -0.3 is 20.1 Å². The molecule has 1 aromatic rings. The molecule has 0 spiro atoms. The zero-order valence-electron chi connectivity index (χ0n) is 8.62. The Kier molecular flexibility index (Phi) is 3.82. The van der Waals surface area contributed by atoms with E-state index in [0.717, 1.165) is 0 Å². The molecule has 1 rings (SSSR count). The Morgan fingerprint density at radius 3 is 2.00 bits per heavy atom. The summed E-state index contributed by atoms with van der Waals surface area (Å²) in [5.74, 6) is -5.07. The van der Waals surface area contributed by atoms with Crippen LogP contribution in [0, 0.1) is 0 Å². The average Bonchev–Trinajstić information content (AvgIpc) is 2.25. The quantitative estimate of drug-likeness (QED) is 0.726. The number of carboxylic acid groups (broad SMARTS) is 3. The molecule has 0 aromatic heterocycles. The Labute approximate surface area is 96.1 Å². The van der Waals surface area contributed by atoms with Crippen LogP contribution in [0.1, 0.15) is 28.3 Å². The molecule has 0 aliphatic heterocycles. The summed E-state index contributed by atoms with van der Waals surface area (Å²) in [5, 5.41) is 27.9. The van der Waals surface area contributed by atoms with Gasteiger partial charge in [-0.3, -0.25) is 9.59 Å². The van der Waals surface area contributed by atoms with E-state index in [1.54, 1.807) is 0 Å². The largest absolute Gasteiger partial charge is 0.545 e. The van der Waals surface area contributed by atoms with Gasteiger partial charge in [0.1, 0.15) is 0 Å². The first-order valence-corrected chi connectivity index (χ1v) is 4.67. The van der Waals surface area contributed by atoms with Crippen LogP contribution in [0.15, 0.2) is 24.3 Å². The summed E-state index contributed by atoms with van der Waals surface area (Å²) in [6, 6.07) is 4.91. The SMILES string of the molecule is O=C(O)CC(C(=O)O)c1ccc(C(=O)[O-])cc1. The minimum atomic E-state index is -1.37. The van der Waals surface area contributed by atoms with Crippen LogP contribution in [0.5, 0.6) is 0 Å². The van der Waals surface area contributed by atoms with E-state index >= 15 is 0 Å². The molecule has 1 unspecified atom stereocenters. The van der Waals surface area contributed by atoms with E-state index in [1.807, 2.05) is 0 Å². The Bertz CT molecular complexity index is 448. The lowest BCUT2D eigenvalue weighted by atomic mass is 9.95. The molecule has 6 nitrogen and oxygen atoms in total. The summed E-state index contributed by atoms with van der Waals surface area (Å²) < 4.78 is 0. The Balaban J connectivity index is 2.99. The first-order chi connectivity index (χ1) is 7.91. The normalized spacial score (nSPS) is 11.8. The Hall–Kier alpha value is -2.37. The van der Waals surface area contributed by atoms with Gasteiger partial charge in [0, 0.05) is 0 Å². The van der Waals surface area contributed by atoms with Gasteiger partial charge in [0.25, 0.3) is 0 Å². The van der Waals surface area contributed by atoms with Gasteiger partial charge in [-0.15, -0.1) is 0 Å². The summed E-state index contributed by atoms with van der Waals surface area (Å²) >= 11 is 0. The molecule has 0 amide bonds. The molecular weight excluding hydrogens is 228 g/mol. The van der Waals surface area contributed by atoms with E-state index in [4.69, 9.17) is 10.2 Å². The maximum Gasteiger partial charge on any atom is 0.311 e. The van der Waals surface area contributed by atoms with Crippen molar-refractivity contribution < 1.29 is 29.7 Å². The highest BCUT2D eigenvalue weighted by molar-refractivity contribution is 5.86. The highest BCUT2D eigenvalue weighted by atomic mass is 16.4. The molecule has 90 valence electrons. The smallest absolute Gasteiger partial charge is 0.311 e. The van der Waals surface area contributed by atoms with E-state index in [0.29, 0.717) is 0 Å². The van der Waals surface area contributed by atoms with Crippen LogP contribution >= 0.6 is 0 Å². The van der Waals surface area contributed by atoms with Crippen molar-refractivity contribution in [2.45, 2.75) is 12.3 Å². The number of hydrogen-bond donors (Lipinski definition) is 2. The predicted octanol–water partition coefficient (Wildman–Crippen LogP) is -0.307. The molecule has 0 aliphatic carbocycles. The predicted molar refractivity (Wildman–Crippen MR) is 53.4 cm³/mol. The van der Waals surface area contributed by atoms with Gasteiger partial charge in [0.05, 0.1) is 18.3 Å². The summed E-state index contributed by atoms with van der Waals surface area (Å²) in [7, 11) is 0. The van der Waals surface area contributed by atoms with Gasteiger partial charge in [-0.25, -0.2) is 0 Å². The minimum Gasteiger partial charge on any atom is -0.545 e. The van der Waals surface area contributed by atoms with Crippen molar-refractivity contribution in [2.24, 2.45) is 0 Å². The molecule has 17 heavy (non-hydrogen) atoms. The Morgan fingerprint density at radius 1 is 1.12 bits per heavy atom. The van der Waals surface area contributed by atoms with Crippen molar-refractivity contribution in [1.29, 1.82) is 0 Å². The molecule has 0 bridgehead atoms. The van der Waals surface area contributed by atoms with Crippen LogP contribution in [0.2, 0.25) is 0 Å². The third-order valence-electron chi connectivity index (χ3n) is 2.23. The fourth-order valence-electron chi connectivity index (χ4n) is 1.37. The van der Waals surface area contributed by atoms with Crippen molar-refractivity contribution in [3.8, 4) is 0 Å². The molecule has 6 heteroatoms. The lowest BCUT2D eigenvalue weighted by Gasteiger charge is -2.11. The minimum absolute atomic E-state index is 0.0896. The molecule has 0 heterocycles. The van der Waals surface area contributed by atoms with Crippen LogP contribution in [-0.4, -0.2) is 28.1 Å². The second-order valence-corrected chi connectivity index (χ2v) is 3.40. The van der Waals surface area contributed by atoms with E-state index in [1.165, 1.54) is 24.3 Å². The molecule has 0 saturated carbocycles. The molecule has 1 aromatic carbocycles. The fraction of sp³-hybridized carbons (Fsp3) is 0.182. The average molecular weight is 237 g/mol. The monoisotopic (exact) mass is 237 g/mol. The second-order valence-electron chi connectivity index (χ2n) is 3.40. The van der Waals surface area contributed by atoms with Crippen molar-refractivity contribution in [3.63, 3.8) is 0 Å². The molecule has 1 atom stereocenters. The standard InChI is InChI=1S/C11H10O6/c12-9(13)5-8(11(16)17)6-1-3-7(4-2-6)10(14)15/h1-4,8H,5H2,(H,12,13)(H,14,15)(H,16,17)/p-1. The van der Waals surface area contributed by atoms with Crippen LogP contribution in [0.25, 0.3) is 0 Å². The molecule has 0 aliphatic rings. The summed E-state index contributed by atoms with van der Waals surface area (Å²) in [4.78, 5) is 31.8. The van der Waals surface area contributed by atoms with E-state index < -0.39 is 30.2 Å². The lowest BCUT2D eigenvalue weighted by molar-refractivity contribution is -0.255. The van der Waals surface area contributed by atoms with Crippen LogP contribution < -0.4 is 5.11 Å². The van der Waals surface area contributed by atoms with E-state index in [-0.39, 0.29) is 11.1 Å². The van der Waals surface area contributed by atoms with Gasteiger partial charge in [-0.05, 0) is 11.1 Å². The van der Waals surface area contributed by atoms with Crippen molar-refractivity contribution in [3.05, 3.63) is 35.4 Å². The number of rotatable bonds is 5. The summed E-state index contributed by atoms with van der Waals surface area (Å²) in [5.41, 5.74) is 0.151. The third-order valence-corrected chi connectivity index (χ3v) is 2.23. The van der Waals surface area contributed by atoms with Gasteiger partial charge in [0.2, 0.25) is 0 Å². The summed E-state index contributed by atoms with van der Waals surface area (Å²) in [6.07, 6.45) is -0.556. The number of aliphatic carboxylic acids is 2. The maximum atomic E-state index is 10.9. The number of carbonyl (C=O) groups excluding carboxylic acids is 1. The highest BCUT2D eigenvalue weighted by Gasteiger charge is 2.22. The van der Waals surface area contributed by atoms with Crippen molar-refractivity contribution in [1.82, 2.24) is 0 Å². The van der Waals surface area contributed by atoms with Crippen LogP contribution in [0.4, 0.5) is 0 Å². The molecule has 0 radical (unpaired) electrons. The number of benzene rings is 1. The van der Waals surface area contributed by atoms with Crippen LogP contribution in [-0.2, 0) is 9.59 Å². The zero-order chi connectivity index (χ0) is 13.0. The number of carbonyl (C=O) groups is 3. The van der Waals surface area contributed by atoms with Crippen molar-refractivity contribution in [2.75, 3.05) is 0 Å². The van der Waals surface area contributed by atoms with Gasteiger partial charge >= 0.3 is 11.9 Å². The summed E-state index contributed by atoms with van der Waals surface area (Å²) in [6.45, 7) is 0. The lowest BCUT2D eigenvalue weighted by Crippen LogP contribution is -2.22. The molecule has 0 saturated heterocycles. The van der Waals surface area contributed by atoms with E-state index in [9.17, 15) is 19.5 Å². The maximum absolute atomic E-state index is 10.9. The number of hydrogen-bond acceptors (Lipinski definition) is 4. The number of carboxylic acids is 3. The van der Waals surface area contributed by atoms with Gasteiger partial charge in [0.15, 0.2) is 0 Å². The Morgan fingerprint density at radius 2 is 1.65 bits per heavy atom. The first kappa shape index (κ1) is 12.7. The second kappa shape index (κ2) is 5.11. The van der Waals surface area contributed by atoms with Crippen LogP contribution in [0.3, 0.4) is 0 Å². The fourth-order valence-corrected chi connectivity index (χ4v) is 1.37. The first-order valence-electron chi connectivity index (χ1n) is 4.67. The van der Waals surface area contributed by atoms with E-state index in [2.05, 4.69) is 0 Å². The van der Waals surface area contributed by atoms with Gasteiger partial charge in [-0.1, -0.05) is 24.3 Å². The number of aromatic carboxylic acids is 1. The zero-order valence-corrected chi connectivity index (χ0v) is 8.62. The third kappa shape index (κ3) is 3.30. The van der Waals surface area contributed by atoms with Crippen molar-refractivity contribution >= 4 is 17.9 Å². The molecule has 0 fully saturated rings. The topological polar surface area (TPSA) is 115 Å². The highest BCUT2D eigenvalue weighted by Crippen LogP contribution is 2.20.